The zero-order chi connectivity index (χ0) is 37.6. The van der Waals surface area contributed by atoms with Crippen LogP contribution in [0.3, 0.4) is 0 Å². The van der Waals surface area contributed by atoms with Crippen molar-refractivity contribution in [3.05, 3.63) is 197 Å². The number of nitrogens with zero attached hydrogens (tertiary/aromatic N) is 3. The Hall–Kier alpha value is -5.80. The summed E-state index contributed by atoms with van der Waals surface area (Å²) in [6.45, 7) is 12.6. The van der Waals surface area contributed by atoms with E-state index in [1.165, 1.54) is 66.2 Å². The molecule has 0 atom stereocenters. The van der Waals surface area contributed by atoms with Gasteiger partial charge < -0.3 is 0 Å². The van der Waals surface area contributed by atoms with E-state index < -0.39 is 0 Å². The van der Waals surface area contributed by atoms with E-state index in [0.717, 1.165) is 33.6 Å². The fourth-order valence-corrected chi connectivity index (χ4v) is 6.58. The Kier molecular flexibility index (Phi) is 12.4. The van der Waals surface area contributed by atoms with Gasteiger partial charge in [0, 0.05) is 53.0 Å². The minimum absolute atomic E-state index is 0. The third-order valence-electron chi connectivity index (χ3n) is 9.48. The summed E-state index contributed by atoms with van der Waals surface area (Å²) < 4.78 is 0. The van der Waals surface area contributed by atoms with Gasteiger partial charge in [-0.25, -0.2) is 15.0 Å². The third kappa shape index (κ3) is 9.85. The Morgan fingerprint density at radius 3 is 0.800 bits per heavy atom. The van der Waals surface area contributed by atoms with E-state index in [1.54, 1.807) is 0 Å². The molecule has 0 saturated carbocycles. The quantitative estimate of drug-likeness (QED) is 0.177. The van der Waals surface area contributed by atoms with Crippen molar-refractivity contribution in [1.29, 1.82) is 0 Å². The van der Waals surface area contributed by atoms with Crippen molar-refractivity contribution in [2.24, 2.45) is 0 Å². The summed E-state index contributed by atoms with van der Waals surface area (Å²) >= 11 is 0. The molecular weight excluding hydrogens is 847 g/mol. The van der Waals surface area contributed by atoms with Gasteiger partial charge in [0.15, 0.2) is 0 Å². The van der Waals surface area contributed by atoms with Crippen LogP contribution in [0.5, 0.6) is 0 Å². The van der Waals surface area contributed by atoms with Gasteiger partial charge >= 0.3 is 0 Å². The van der Waals surface area contributed by atoms with Crippen molar-refractivity contribution in [2.75, 3.05) is 0 Å². The normalized spacial score (nSPS) is 10.6. The molecule has 0 N–H and O–H groups in total. The summed E-state index contributed by atoms with van der Waals surface area (Å²) in [5.74, 6) is 0. The van der Waals surface area contributed by atoms with Crippen LogP contribution in [0.15, 0.2) is 164 Å². The van der Waals surface area contributed by atoms with Gasteiger partial charge in [-0.3, -0.25) is 0 Å². The van der Waals surface area contributed by atoms with Crippen LogP contribution in [-0.4, -0.2) is 15.0 Å². The first-order valence-corrected chi connectivity index (χ1v) is 18.5. The number of aryl methyl sites for hydroxylation is 6. The smallest absolute Gasteiger partial charge is 0.0712 e. The molecule has 0 unspecified atom stereocenters. The summed E-state index contributed by atoms with van der Waals surface area (Å²) in [6, 6.07) is 57.2. The summed E-state index contributed by atoms with van der Waals surface area (Å²) in [5.41, 5.74) is 17.4. The van der Waals surface area contributed by atoms with Gasteiger partial charge in [0.05, 0.1) is 33.6 Å². The molecule has 0 saturated heterocycles. The Bertz CT molecular complexity index is 2450. The Morgan fingerprint density at radius 2 is 0.527 bits per heavy atom. The van der Waals surface area contributed by atoms with E-state index in [-0.39, 0.29) is 20.1 Å². The number of benzene rings is 6. The molecule has 0 amide bonds. The van der Waals surface area contributed by atoms with Crippen LogP contribution in [0.4, 0.5) is 0 Å². The topological polar surface area (TPSA) is 38.7 Å². The van der Waals surface area contributed by atoms with E-state index >= 15 is 0 Å². The van der Waals surface area contributed by atoms with Crippen molar-refractivity contribution >= 4 is 32.7 Å². The summed E-state index contributed by atoms with van der Waals surface area (Å²) in [5, 5.41) is 3.58. The monoisotopic (exact) mass is 892 g/mol. The average molecular weight is 892 g/mol. The molecule has 9 rings (SSSR count). The second-order valence-corrected chi connectivity index (χ2v) is 14.3. The van der Waals surface area contributed by atoms with Gasteiger partial charge in [-0.2, -0.15) is 0 Å². The Balaban J connectivity index is 0.000000139. The zero-order valence-corrected chi connectivity index (χ0v) is 34.7. The fourth-order valence-electron chi connectivity index (χ4n) is 6.58. The molecular formula is C51H45IrN3. The number of pyridine rings is 3. The van der Waals surface area contributed by atoms with E-state index in [2.05, 4.69) is 205 Å². The van der Waals surface area contributed by atoms with E-state index in [0.29, 0.717) is 0 Å². The molecule has 3 nitrogen and oxygen atoms in total. The van der Waals surface area contributed by atoms with Crippen LogP contribution in [-0.2, 0) is 20.1 Å². The Morgan fingerprint density at radius 1 is 0.273 bits per heavy atom. The SMILES string of the molecule is Cc1cccc(-c2ccc3ccc(C)cc3n2)c1.Cc1cccc(-c2ccc3ccc(C)cc3n2)c1.Cc1cccc(-c2ccc3ccc(C)cc3n2)c1.[Ir]. The molecule has 0 bridgehead atoms. The van der Waals surface area contributed by atoms with Crippen LogP contribution in [0.1, 0.15) is 33.4 Å². The van der Waals surface area contributed by atoms with Crippen LogP contribution in [0.2, 0.25) is 0 Å². The summed E-state index contributed by atoms with van der Waals surface area (Å²) in [4.78, 5) is 14.2. The van der Waals surface area contributed by atoms with E-state index in [9.17, 15) is 0 Å². The van der Waals surface area contributed by atoms with Gasteiger partial charge in [-0.05, 0) is 113 Å². The van der Waals surface area contributed by atoms with Crippen molar-refractivity contribution in [1.82, 2.24) is 15.0 Å². The van der Waals surface area contributed by atoms with Crippen molar-refractivity contribution in [2.45, 2.75) is 41.5 Å². The number of fused-ring (bicyclic) bond motifs is 3. The molecule has 6 aromatic carbocycles. The second kappa shape index (κ2) is 17.6. The minimum Gasteiger partial charge on any atom is -0.248 e. The van der Waals surface area contributed by atoms with Crippen LogP contribution < -0.4 is 0 Å². The Labute approximate surface area is 338 Å². The molecule has 0 aliphatic carbocycles. The summed E-state index contributed by atoms with van der Waals surface area (Å²) in [7, 11) is 0. The maximum absolute atomic E-state index is 4.75. The minimum atomic E-state index is 0. The summed E-state index contributed by atoms with van der Waals surface area (Å²) in [6.07, 6.45) is 0. The first-order chi connectivity index (χ1) is 26.2. The standard InChI is InChI=1S/3C17H15N.Ir/c3*1-12-4-3-5-15(10-12)16-9-8-14-7-6-13(2)11-17(14)18-16;/h3*3-11H,1-2H3;. The molecule has 3 heterocycles. The fraction of sp³-hybridized carbons (Fsp3) is 0.118. The maximum Gasteiger partial charge on any atom is 0.0712 e. The molecule has 0 spiro atoms. The molecule has 0 aliphatic heterocycles. The van der Waals surface area contributed by atoms with Gasteiger partial charge in [0.2, 0.25) is 0 Å². The van der Waals surface area contributed by atoms with Gasteiger partial charge in [0.25, 0.3) is 0 Å². The van der Waals surface area contributed by atoms with Gasteiger partial charge in [-0.15, -0.1) is 0 Å². The predicted octanol–water partition coefficient (Wildman–Crippen LogP) is 13.6. The number of hydrogen-bond acceptors (Lipinski definition) is 3. The van der Waals surface area contributed by atoms with E-state index in [4.69, 9.17) is 15.0 Å². The first-order valence-electron chi connectivity index (χ1n) is 18.5. The third-order valence-corrected chi connectivity index (χ3v) is 9.48. The number of hydrogen-bond donors (Lipinski definition) is 0. The van der Waals surface area contributed by atoms with Gasteiger partial charge in [-0.1, -0.05) is 126 Å². The largest absolute Gasteiger partial charge is 0.248 e. The van der Waals surface area contributed by atoms with Crippen LogP contribution in [0, 0.1) is 41.5 Å². The molecule has 4 heteroatoms. The first kappa shape index (κ1) is 38.9. The molecule has 0 aliphatic rings. The van der Waals surface area contributed by atoms with Crippen molar-refractivity contribution < 1.29 is 20.1 Å². The van der Waals surface area contributed by atoms with Crippen LogP contribution >= 0.6 is 0 Å². The predicted molar refractivity (Wildman–Crippen MR) is 230 cm³/mol. The molecule has 3 aromatic heterocycles. The van der Waals surface area contributed by atoms with Crippen LogP contribution in [0.25, 0.3) is 66.5 Å². The molecule has 0 fully saturated rings. The average Bonchev–Trinajstić information content (AvgIpc) is 3.17. The maximum atomic E-state index is 4.75. The van der Waals surface area contributed by atoms with Crippen molar-refractivity contribution in [3.63, 3.8) is 0 Å². The molecule has 273 valence electrons. The zero-order valence-electron chi connectivity index (χ0n) is 32.3. The molecule has 55 heavy (non-hydrogen) atoms. The van der Waals surface area contributed by atoms with E-state index in [1.807, 2.05) is 0 Å². The molecule has 1 radical (unpaired) electrons. The molecule has 9 aromatic rings. The van der Waals surface area contributed by atoms with Crippen molar-refractivity contribution in [3.8, 4) is 33.8 Å². The number of aromatic nitrogens is 3. The number of rotatable bonds is 3. The second-order valence-electron chi connectivity index (χ2n) is 14.3. The van der Waals surface area contributed by atoms with Gasteiger partial charge in [0.1, 0.15) is 0 Å².